The quantitative estimate of drug-likeness (QED) is 0.737. The first-order chi connectivity index (χ1) is 11.2. The van der Waals surface area contributed by atoms with Crippen molar-refractivity contribution in [3.8, 4) is 11.4 Å². The van der Waals surface area contributed by atoms with Gasteiger partial charge < -0.3 is 14.0 Å². The van der Waals surface area contributed by atoms with E-state index in [1.54, 1.807) is 0 Å². The maximum absolute atomic E-state index is 4.61. The third kappa shape index (κ3) is 2.68. The Kier molecular flexibility index (Phi) is 3.69. The Labute approximate surface area is 137 Å². The van der Waals surface area contributed by atoms with Gasteiger partial charge in [0.1, 0.15) is 5.82 Å². The first-order valence-electron chi connectivity index (χ1n) is 8.49. The van der Waals surface area contributed by atoms with Crippen LogP contribution in [0.25, 0.3) is 22.3 Å². The van der Waals surface area contributed by atoms with E-state index in [-0.39, 0.29) is 0 Å². The topological polar surface area (TPSA) is 26.0 Å². The Balaban J connectivity index is 1.57. The van der Waals surface area contributed by atoms with Crippen molar-refractivity contribution >= 4 is 10.9 Å². The van der Waals surface area contributed by atoms with Crippen LogP contribution in [-0.4, -0.2) is 38.7 Å². The molecule has 23 heavy (non-hydrogen) atoms. The fourth-order valence-electron chi connectivity index (χ4n) is 3.80. The summed E-state index contributed by atoms with van der Waals surface area (Å²) in [7, 11) is 4.33. The molecule has 2 aromatic heterocycles. The molecule has 0 amide bonds. The molecule has 0 aliphatic carbocycles. The minimum absolute atomic E-state index is 0.724. The molecule has 1 saturated heterocycles. The van der Waals surface area contributed by atoms with Crippen LogP contribution >= 0.6 is 0 Å². The molecule has 1 aromatic carbocycles. The highest BCUT2D eigenvalue weighted by Crippen LogP contribution is 2.25. The normalized spacial score (nSPS) is 19.0. The maximum atomic E-state index is 4.61. The summed E-state index contributed by atoms with van der Waals surface area (Å²) >= 11 is 0. The monoisotopic (exact) mass is 308 g/mol. The number of nitrogens with zero attached hydrogens (tertiary/aromatic N) is 4. The minimum atomic E-state index is 0.724. The third-order valence-corrected chi connectivity index (χ3v) is 5.23. The first kappa shape index (κ1) is 14.5. The predicted molar refractivity (Wildman–Crippen MR) is 94.4 cm³/mol. The average Bonchev–Trinajstić information content (AvgIpc) is 3.26. The van der Waals surface area contributed by atoms with Crippen LogP contribution in [-0.2, 0) is 13.6 Å². The Morgan fingerprint density at radius 1 is 1.17 bits per heavy atom. The van der Waals surface area contributed by atoms with Gasteiger partial charge in [0.15, 0.2) is 0 Å². The van der Waals surface area contributed by atoms with Gasteiger partial charge in [-0.1, -0.05) is 0 Å². The first-order valence-corrected chi connectivity index (χ1v) is 8.49. The van der Waals surface area contributed by atoms with Crippen molar-refractivity contribution in [1.29, 1.82) is 0 Å². The molecule has 1 fully saturated rings. The van der Waals surface area contributed by atoms with Gasteiger partial charge in [-0.2, -0.15) is 0 Å². The SMILES string of the molecule is CN1CCCC1CCn1ccnc1-c1ccc2c(ccn2C)c1. The van der Waals surface area contributed by atoms with E-state index in [0.717, 1.165) is 18.4 Å². The molecule has 4 nitrogen and oxygen atoms in total. The number of aromatic nitrogens is 3. The van der Waals surface area contributed by atoms with Crippen molar-refractivity contribution in [2.45, 2.75) is 31.8 Å². The van der Waals surface area contributed by atoms with Gasteiger partial charge >= 0.3 is 0 Å². The van der Waals surface area contributed by atoms with Crippen LogP contribution in [0.1, 0.15) is 19.3 Å². The van der Waals surface area contributed by atoms with Gasteiger partial charge in [0.2, 0.25) is 0 Å². The molecule has 0 radical (unpaired) electrons. The summed E-state index contributed by atoms with van der Waals surface area (Å²) in [5, 5.41) is 1.27. The van der Waals surface area contributed by atoms with E-state index in [1.807, 2.05) is 6.20 Å². The van der Waals surface area contributed by atoms with E-state index in [9.17, 15) is 0 Å². The summed E-state index contributed by atoms with van der Waals surface area (Å²) in [6, 6.07) is 9.51. The molecule has 0 saturated carbocycles. The van der Waals surface area contributed by atoms with Crippen molar-refractivity contribution in [3.63, 3.8) is 0 Å². The fourth-order valence-corrected chi connectivity index (χ4v) is 3.80. The third-order valence-electron chi connectivity index (χ3n) is 5.23. The zero-order valence-electron chi connectivity index (χ0n) is 13.9. The number of imidazole rings is 1. The molecule has 1 aliphatic heterocycles. The Bertz CT molecular complexity index is 814. The molecule has 0 spiro atoms. The van der Waals surface area contributed by atoms with Gasteiger partial charge in [-0.15, -0.1) is 0 Å². The van der Waals surface area contributed by atoms with Crippen LogP contribution in [0.4, 0.5) is 0 Å². The van der Waals surface area contributed by atoms with Crippen molar-refractivity contribution < 1.29 is 0 Å². The number of hydrogen-bond donors (Lipinski definition) is 0. The lowest BCUT2D eigenvalue weighted by Crippen LogP contribution is -2.26. The lowest BCUT2D eigenvalue weighted by atomic mass is 10.1. The molecule has 0 bridgehead atoms. The van der Waals surface area contributed by atoms with Gasteiger partial charge in [-0.05, 0) is 57.1 Å². The molecule has 0 N–H and O–H groups in total. The van der Waals surface area contributed by atoms with Crippen LogP contribution in [0, 0.1) is 0 Å². The standard InChI is InChI=1S/C19H24N4/c1-21-10-3-4-17(21)8-12-23-13-9-20-19(23)16-5-6-18-15(14-16)7-11-22(18)2/h5-7,9,11,13-14,17H,3-4,8,10,12H2,1-2H3. The predicted octanol–water partition coefficient (Wildman–Crippen LogP) is 3.53. The lowest BCUT2D eigenvalue weighted by Gasteiger charge is -2.20. The second-order valence-electron chi connectivity index (χ2n) is 6.71. The van der Waals surface area contributed by atoms with E-state index >= 15 is 0 Å². The van der Waals surface area contributed by atoms with Crippen LogP contribution in [0.15, 0.2) is 42.9 Å². The van der Waals surface area contributed by atoms with Gasteiger partial charge in [0.05, 0.1) is 0 Å². The van der Waals surface area contributed by atoms with E-state index in [4.69, 9.17) is 0 Å². The number of rotatable bonds is 4. The van der Waals surface area contributed by atoms with E-state index in [1.165, 1.54) is 42.3 Å². The number of benzene rings is 1. The molecule has 4 heteroatoms. The highest BCUT2D eigenvalue weighted by Gasteiger charge is 2.20. The number of likely N-dealkylation sites (tertiary alicyclic amines) is 1. The molecule has 3 heterocycles. The van der Waals surface area contributed by atoms with Gasteiger partial charge in [-0.3, -0.25) is 0 Å². The summed E-state index contributed by atoms with van der Waals surface area (Å²) in [5.41, 5.74) is 2.47. The summed E-state index contributed by atoms with van der Waals surface area (Å²) < 4.78 is 4.46. The molecule has 120 valence electrons. The Morgan fingerprint density at radius 3 is 2.91 bits per heavy atom. The highest BCUT2D eigenvalue weighted by atomic mass is 15.2. The molecule has 1 aliphatic rings. The molecular weight excluding hydrogens is 284 g/mol. The van der Waals surface area contributed by atoms with Crippen LogP contribution < -0.4 is 0 Å². The summed E-state index contributed by atoms with van der Waals surface area (Å²) in [6.07, 6.45) is 10.0. The summed E-state index contributed by atoms with van der Waals surface area (Å²) in [5.74, 6) is 1.08. The highest BCUT2D eigenvalue weighted by molar-refractivity contribution is 5.84. The van der Waals surface area contributed by atoms with E-state index in [0.29, 0.717) is 0 Å². The molecule has 1 unspecified atom stereocenters. The number of fused-ring (bicyclic) bond motifs is 1. The smallest absolute Gasteiger partial charge is 0.139 e. The van der Waals surface area contributed by atoms with Crippen LogP contribution in [0.3, 0.4) is 0 Å². The summed E-state index contributed by atoms with van der Waals surface area (Å²) in [4.78, 5) is 7.10. The largest absolute Gasteiger partial charge is 0.351 e. The number of hydrogen-bond acceptors (Lipinski definition) is 2. The zero-order valence-corrected chi connectivity index (χ0v) is 13.9. The molecular formula is C19H24N4. The maximum Gasteiger partial charge on any atom is 0.139 e. The van der Waals surface area contributed by atoms with Crippen molar-refractivity contribution in [2.75, 3.05) is 13.6 Å². The van der Waals surface area contributed by atoms with Gasteiger partial charge in [0.25, 0.3) is 0 Å². The second kappa shape index (κ2) is 5.85. The van der Waals surface area contributed by atoms with E-state index in [2.05, 4.69) is 69.8 Å². The molecule has 4 rings (SSSR count). The summed E-state index contributed by atoms with van der Waals surface area (Å²) in [6.45, 7) is 2.28. The Morgan fingerprint density at radius 2 is 2.09 bits per heavy atom. The minimum Gasteiger partial charge on any atom is -0.351 e. The number of aryl methyl sites for hydroxylation is 2. The lowest BCUT2D eigenvalue weighted by molar-refractivity contribution is 0.286. The van der Waals surface area contributed by atoms with Crippen LogP contribution in [0.5, 0.6) is 0 Å². The van der Waals surface area contributed by atoms with Crippen molar-refractivity contribution in [1.82, 2.24) is 19.0 Å². The van der Waals surface area contributed by atoms with Crippen molar-refractivity contribution in [2.24, 2.45) is 7.05 Å². The van der Waals surface area contributed by atoms with Gasteiger partial charge in [0, 0.05) is 54.7 Å². The van der Waals surface area contributed by atoms with Crippen LogP contribution in [0.2, 0.25) is 0 Å². The molecule has 1 atom stereocenters. The zero-order chi connectivity index (χ0) is 15.8. The second-order valence-corrected chi connectivity index (χ2v) is 6.71. The Hall–Kier alpha value is -2.07. The fraction of sp³-hybridized carbons (Fsp3) is 0.421. The average molecular weight is 308 g/mol. The molecule has 3 aromatic rings. The van der Waals surface area contributed by atoms with Gasteiger partial charge in [-0.25, -0.2) is 4.98 Å². The van der Waals surface area contributed by atoms with Crippen molar-refractivity contribution in [3.05, 3.63) is 42.9 Å². The van der Waals surface area contributed by atoms with E-state index < -0.39 is 0 Å².